The summed E-state index contributed by atoms with van der Waals surface area (Å²) in [6.07, 6.45) is 5.90. The van der Waals surface area contributed by atoms with Gasteiger partial charge in [-0.15, -0.1) is 24.0 Å². The van der Waals surface area contributed by atoms with E-state index in [0.29, 0.717) is 12.6 Å². The van der Waals surface area contributed by atoms with Crippen LogP contribution in [0.3, 0.4) is 0 Å². The quantitative estimate of drug-likeness (QED) is 0.260. The Balaban J connectivity index is 0.00000306. The molecule has 0 bridgehead atoms. The first-order chi connectivity index (χ1) is 15.7. The number of aromatic nitrogens is 2. The van der Waals surface area contributed by atoms with Gasteiger partial charge in [-0.2, -0.15) is 0 Å². The van der Waals surface area contributed by atoms with Crippen molar-refractivity contribution < 1.29 is 0 Å². The van der Waals surface area contributed by atoms with E-state index in [1.807, 2.05) is 30.6 Å². The molecule has 3 aromatic rings. The molecule has 0 radical (unpaired) electrons. The van der Waals surface area contributed by atoms with Gasteiger partial charge in [0, 0.05) is 43.6 Å². The zero-order valence-corrected chi connectivity index (χ0v) is 21.7. The Morgan fingerprint density at radius 3 is 2.61 bits per heavy atom. The first-order valence-electron chi connectivity index (χ1n) is 11.4. The number of halogens is 1. The molecule has 1 aliphatic rings. The van der Waals surface area contributed by atoms with Gasteiger partial charge in [-0.1, -0.05) is 30.3 Å². The maximum atomic E-state index is 4.85. The van der Waals surface area contributed by atoms with Gasteiger partial charge in [0.15, 0.2) is 5.96 Å². The number of aliphatic imine (C=N–C) groups is 1. The zero-order valence-electron chi connectivity index (χ0n) is 19.4. The van der Waals surface area contributed by atoms with Gasteiger partial charge in [0.1, 0.15) is 5.82 Å². The summed E-state index contributed by atoms with van der Waals surface area (Å²) in [5.74, 6) is 1.95. The van der Waals surface area contributed by atoms with Crippen LogP contribution in [0.25, 0.3) is 11.3 Å². The van der Waals surface area contributed by atoms with Crippen molar-refractivity contribution in [3.05, 3.63) is 78.1 Å². The Bertz CT molecular complexity index is 1010. The number of hydrogen-bond acceptors (Lipinski definition) is 4. The second-order valence-corrected chi connectivity index (χ2v) is 8.21. The summed E-state index contributed by atoms with van der Waals surface area (Å²) < 4.78 is 0. The zero-order chi connectivity index (χ0) is 22.2. The third-order valence-electron chi connectivity index (χ3n) is 5.71. The summed E-state index contributed by atoms with van der Waals surface area (Å²) in [7, 11) is 0. The van der Waals surface area contributed by atoms with Gasteiger partial charge in [-0.05, 0) is 62.1 Å². The van der Waals surface area contributed by atoms with Crippen LogP contribution in [-0.4, -0.2) is 41.6 Å². The highest BCUT2D eigenvalue weighted by Gasteiger charge is 2.20. The van der Waals surface area contributed by atoms with Crippen molar-refractivity contribution in [1.29, 1.82) is 0 Å². The molecule has 0 aliphatic carbocycles. The average Bonchev–Trinajstić information content (AvgIpc) is 2.84. The molecular formula is C26H33IN6. The van der Waals surface area contributed by atoms with E-state index in [0.717, 1.165) is 55.5 Å². The Kier molecular flexibility index (Phi) is 9.47. The Labute approximate surface area is 214 Å². The van der Waals surface area contributed by atoms with E-state index in [9.17, 15) is 0 Å². The first kappa shape index (κ1) is 25.0. The summed E-state index contributed by atoms with van der Waals surface area (Å²) >= 11 is 0. The second kappa shape index (κ2) is 12.5. The topological polar surface area (TPSA) is 65.4 Å². The minimum atomic E-state index is 0. The number of benzene rings is 1. The van der Waals surface area contributed by atoms with Crippen molar-refractivity contribution in [3.8, 4) is 11.3 Å². The number of rotatable bonds is 6. The second-order valence-electron chi connectivity index (χ2n) is 8.21. The minimum absolute atomic E-state index is 0. The lowest BCUT2D eigenvalue weighted by Gasteiger charge is -2.33. The number of pyridine rings is 2. The Morgan fingerprint density at radius 2 is 1.91 bits per heavy atom. The molecular weight excluding hydrogens is 523 g/mol. The molecule has 0 amide bonds. The molecule has 174 valence electrons. The van der Waals surface area contributed by atoms with Crippen LogP contribution in [0.5, 0.6) is 0 Å². The van der Waals surface area contributed by atoms with Gasteiger partial charge in [-0.3, -0.25) is 4.98 Å². The largest absolute Gasteiger partial charge is 0.357 e. The molecule has 0 spiro atoms. The van der Waals surface area contributed by atoms with Gasteiger partial charge in [0.25, 0.3) is 0 Å². The molecule has 4 rings (SSSR count). The van der Waals surface area contributed by atoms with E-state index in [-0.39, 0.29) is 24.0 Å². The SMILES string of the molecule is CCNC(=NCc1cccc(-c2ccccn2)c1)NC1CCN(c2ccc(C)cn2)CC1.I. The van der Waals surface area contributed by atoms with Gasteiger partial charge < -0.3 is 15.5 Å². The summed E-state index contributed by atoms with van der Waals surface area (Å²) in [4.78, 5) is 16.2. The molecule has 2 N–H and O–H groups in total. The lowest BCUT2D eigenvalue weighted by Crippen LogP contribution is -2.48. The molecule has 1 fully saturated rings. The highest BCUT2D eigenvalue weighted by Crippen LogP contribution is 2.19. The summed E-state index contributed by atoms with van der Waals surface area (Å²) in [6, 6.07) is 19.1. The fourth-order valence-corrected chi connectivity index (χ4v) is 3.95. The maximum Gasteiger partial charge on any atom is 0.191 e. The summed E-state index contributed by atoms with van der Waals surface area (Å²) in [6.45, 7) is 7.64. The van der Waals surface area contributed by atoms with Gasteiger partial charge in [0.05, 0.1) is 12.2 Å². The number of guanidine groups is 1. The van der Waals surface area contributed by atoms with E-state index >= 15 is 0 Å². The molecule has 0 saturated carbocycles. The summed E-state index contributed by atoms with van der Waals surface area (Å²) in [5.41, 5.74) is 4.47. The maximum absolute atomic E-state index is 4.85. The van der Waals surface area contributed by atoms with Crippen LogP contribution in [0.1, 0.15) is 30.9 Å². The van der Waals surface area contributed by atoms with Crippen molar-refractivity contribution in [3.63, 3.8) is 0 Å². The van der Waals surface area contributed by atoms with Crippen LogP contribution < -0.4 is 15.5 Å². The molecule has 0 atom stereocenters. The molecule has 33 heavy (non-hydrogen) atoms. The van der Waals surface area contributed by atoms with Crippen LogP contribution >= 0.6 is 24.0 Å². The van der Waals surface area contributed by atoms with E-state index in [4.69, 9.17) is 4.99 Å². The van der Waals surface area contributed by atoms with Gasteiger partial charge >= 0.3 is 0 Å². The van der Waals surface area contributed by atoms with Crippen LogP contribution in [0.2, 0.25) is 0 Å². The molecule has 3 heterocycles. The first-order valence-corrected chi connectivity index (χ1v) is 11.4. The summed E-state index contributed by atoms with van der Waals surface area (Å²) in [5, 5.41) is 7.03. The fourth-order valence-electron chi connectivity index (χ4n) is 3.95. The van der Waals surface area contributed by atoms with Crippen molar-refractivity contribution in [1.82, 2.24) is 20.6 Å². The number of hydrogen-bond donors (Lipinski definition) is 2. The van der Waals surface area contributed by atoms with Crippen LogP contribution in [-0.2, 0) is 6.54 Å². The molecule has 7 heteroatoms. The van der Waals surface area contributed by atoms with Gasteiger partial charge in [-0.25, -0.2) is 9.98 Å². The highest BCUT2D eigenvalue weighted by molar-refractivity contribution is 14.0. The van der Waals surface area contributed by atoms with Crippen molar-refractivity contribution in [2.75, 3.05) is 24.5 Å². The number of anilines is 1. The molecule has 1 aromatic carbocycles. The fraction of sp³-hybridized carbons (Fsp3) is 0.346. The lowest BCUT2D eigenvalue weighted by molar-refractivity contribution is 0.459. The normalized spacial score (nSPS) is 14.5. The van der Waals surface area contributed by atoms with E-state index in [1.165, 1.54) is 11.1 Å². The number of nitrogens with zero attached hydrogens (tertiary/aromatic N) is 4. The minimum Gasteiger partial charge on any atom is -0.357 e. The van der Waals surface area contributed by atoms with Crippen molar-refractivity contribution in [2.45, 2.75) is 39.3 Å². The molecule has 0 unspecified atom stereocenters. The monoisotopic (exact) mass is 556 g/mol. The van der Waals surface area contributed by atoms with Crippen LogP contribution in [0.15, 0.2) is 72.0 Å². The molecule has 2 aromatic heterocycles. The lowest BCUT2D eigenvalue weighted by atomic mass is 10.1. The predicted octanol–water partition coefficient (Wildman–Crippen LogP) is 4.79. The van der Waals surface area contributed by atoms with Crippen molar-refractivity contribution in [2.24, 2.45) is 4.99 Å². The number of aryl methyl sites for hydroxylation is 1. The van der Waals surface area contributed by atoms with Crippen LogP contribution in [0, 0.1) is 6.92 Å². The smallest absolute Gasteiger partial charge is 0.191 e. The highest BCUT2D eigenvalue weighted by atomic mass is 127. The predicted molar refractivity (Wildman–Crippen MR) is 147 cm³/mol. The average molecular weight is 556 g/mol. The molecule has 6 nitrogen and oxygen atoms in total. The molecule has 1 saturated heterocycles. The number of nitrogens with one attached hydrogen (secondary N) is 2. The van der Waals surface area contributed by atoms with Crippen molar-refractivity contribution >= 4 is 35.8 Å². The standard InChI is InChI=1S/C26H32N6.HI/c1-3-27-26(30-19-21-7-6-8-22(17-21)24-9-4-5-14-28-24)31-23-12-15-32(16-13-23)25-11-10-20(2)18-29-25;/h4-11,14,17-18,23H,3,12-13,15-16,19H2,1-2H3,(H2,27,30,31);1H. The van der Waals surface area contributed by atoms with Gasteiger partial charge in [0.2, 0.25) is 0 Å². The third-order valence-corrected chi connectivity index (χ3v) is 5.71. The third kappa shape index (κ3) is 7.15. The van der Waals surface area contributed by atoms with E-state index in [1.54, 1.807) is 0 Å². The van der Waals surface area contributed by atoms with E-state index < -0.39 is 0 Å². The van der Waals surface area contributed by atoms with Crippen LogP contribution in [0.4, 0.5) is 5.82 Å². The Morgan fingerprint density at radius 1 is 1.06 bits per heavy atom. The number of piperidine rings is 1. The van der Waals surface area contributed by atoms with E-state index in [2.05, 4.69) is 75.7 Å². The molecule has 1 aliphatic heterocycles. The Hall–Kier alpha value is -2.68.